The number of aromatic nitrogens is 2. The number of rotatable bonds is 5. The van der Waals surface area contributed by atoms with Crippen LogP contribution in [0.4, 0.5) is 19.1 Å². The van der Waals surface area contributed by atoms with E-state index in [4.69, 9.17) is 5.11 Å². The Morgan fingerprint density at radius 2 is 2.10 bits per heavy atom. The number of nitrogens with zero attached hydrogens (tertiary/aromatic N) is 1. The zero-order valence-electron chi connectivity index (χ0n) is 10.8. The summed E-state index contributed by atoms with van der Waals surface area (Å²) in [4.78, 5) is 27.4. The summed E-state index contributed by atoms with van der Waals surface area (Å²) in [6.07, 6.45) is -4.60. The van der Waals surface area contributed by atoms with Crippen molar-refractivity contribution in [1.82, 2.24) is 9.97 Å². The lowest BCUT2D eigenvalue weighted by atomic mass is 10.0. The molecule has 0 aliphatic heterocycles. The molecule has 6 nitrogen and oxygen atoms in total. The fourth-order valence-electron chi connectivity index (χ4n) is 1.53. The zero-order valence-corrected chi connectivity index (χ0v) is 10.8. The van der Waals surface area contributed by atoms with Crippen LogP contribution in [0.3, 0.4) is 0 Å². The first-order valence-electron chi connectivity index (χ1n) is 5.77. The Morgan fingerprint density at radius 3 is 2.55 bits per heavy atom. The first kappa shape index (κ1) is 16.0. The first-order chi connectivity index (χ1) is 9.09. The summed E-state index contributed by atoms with van der Waals surface area (Å²) in [5.41, 5.74) is -2.39. The van der Waals surface area contributed by atoms with E-state index in [1.54, 1.807) is 13.8 Å². The molecule has 1 aromatic rings. The molecule has 9 heteroatoms. The molecule has 1 aromatic heterocycles. The minimum Gasteiger partial charge on any atom is -0.480 e. The molecule has 0 bridgehead atoms. The van der Waals surface area contributed by atoms with Gasteiger partial charge in [-0.2, -0.15) is 13.2 Å². The highest BCUT2D eigenvalue weighted by atomic mass is 19.4. The third kappa shape index (κ3) is 4.56. The van der Waals surface area contributed by atoms with Crippen molar-refractivity contribution in [3.05, 3.63) is 22.1 Å². The molecule has 20 heavy (non-hydrogen) atoms. The van der Waals surface area contributed by atoms with Crippen LogP contribution in [-0.4, -0.2) is 27.1 Å². The van der Waals surface area contributed by atoms with E-state index < -0.39 is 35.4 Å². The van der Waals surface area contributed by atoms with Gasteiger partial charge >= 0.3 is 12.1 Å². The molecule has 1 heterocycles. The van der Waals surface area contributed by atoms with Crippen LogP contribution in [0.2, 0.25) is 0 Å². The van der Waals surface area contributed by atoms with E-state index in [-0.39, 0.29) is 12.3 Å². The molecule has 0 radical (unpaired) electrons. The molecule has 0 aromatic carbocycles. The number of anilines is 1. The van der Waals surface area contributed by atoms with Gasteiger partial charge < -0.3 is 10.4 Å². The summed E-state index contributed by atoms with van der Waals surface area (Å²) in [6.45, 7) is 3.53. The van der Waals surface area contributed by atoms with Gasteiger partial charge in [0.2, 0.25) is 5.95 Å². The smallest absolute Gasteiger partial charge is 0.433 e. The largest absolute Gasteiger partial charge is 0.480 e. The molecular weight excluding hydrogens is 279 g/mol. The molecule has 1 atom stereocenters. The molecule has 0 amide bonds. The number of nitrogens with one attached hydrogen (secondary N) is 2. The standard InChI is InChI=1S/C11H14F3N3O3/c1-5(2)3-6(9(19)20)15-10-16-7(11(12,13)14)4-8(18)17-10/h4-6H,3H2,1-2H3,(H,19,20)(H2,15,16,17,18). The number of carboxylic acid groups (broad SMARTS) is 1. The van der Waals surface area contributed by atoms with Crippen LogP contribution in [0.5, 0.6) is 0 Å². The number of halogens is 3. The minimum atomic E-state index is -4.78. The average molecular weight is 293 g/mol. The summed E-state index contributed by atoms with van der Waals surface area (Å²) in [7, 11) is 0. The predicted molar refractivity (Wildman–Crippen MR) is 64.4 cm³/mol. The lowest BCUT2D eigenvalue weighted by Crippen LogP contribution is -2.32. The van der Waals surface area contributed by atoms with Gasteiger partial charge in [0.05, 0.1) is 0 Å². The summed E-state index contributed by atoms with van der Waals surface area (Å²) < 4.78 is 37.5. The normalized spacial score (nSPS) is 13.3. The number of aliphatic carboxylic acids is 1. The molecule has 0 saturated carbocycles. The van der Waals surface area contributed by atoms with Crippen molar-refractivity contribution in [2.45, 2.75) is 32.5 Å². The van der Waals surface area contributed by atoms with Gasteiger partial charge in [0.25, 0.3) is 5.56 Å². The molecule has 0 aliphatic rings. The van der Waals surface area contributed by atoms with Crippen molar-refractivity contribution in [2.24, 2.45) is 5.92 Å². The van der Waals surface area contributed by atoms with E-state index in [1.165, 1.54) is 0 Å². The van der Waals surface area contributed by atoms with Gasteiger partial charge in [0.15, 0.2) is 5.69 Å². The van der Waals surface area contributed by atoms with E-state index in [9.17, 15) is 22.8 Å². The van der Waals surface area contributed by atoms with Gasteiger partial charge in [-0.3, -0.25) is 9.78 Å². The van der Waals surface area contributed by atoms with E-state index >= 15 is 0 Å². The number of H-pyrrole nitrogens is 1. The number of carboxylic acids is 1. The van der Waals surface area contributed by atoms with Crippen LogP contribution in [0.1, 0.15) is 26.0 Å². The first-order valence-corrected chi connectivity index (χ1v) is 5.77. The van der Waals surface area contributed by atoms with E-state index in [1.807, 2.05) is 4.98 Å². The van der Waals surface area contributed by atoms with Gasteiger partial charge in [-0.25, -0.2) is 9.78 Å². The fraction of sp³-hybridized carbons (Fsp3) is 0.545. The van der Waals surface area contributed by atoms with E-state index in [0.29, 0.717) is 6.07 Å². The van der Waals surface area contributed by atoms with Crippen molar-refractivity contribution >= 4 is 11.9 Å². The van der Waals surface area contributed by atoms with Crippen LogP contribution in [-0.2, 0) is 11.0 Å². The second-order valence-corrected chi connectivity index (χ2v) is 4.64. The van der Waals surface area contributed by atoms with E-state index in [0.717, 1.165) is 0 Å². The van der Waals surface area contributed by atoms with Crippen molar-refractivity contribution in [3.8, 4) is 0 Å². The summed E-state index contributed by atoms with van der Waals surface area (Å²) >= 11 is 0. The second-order valence-electron chi connectivity index (χ2n) is 4.64. The number of aromatic amines is 1. The van der Waals surface area contributed by atoms with Crippen molar-refractivity contribution in [1.29, 1.82) is 0 Å². The maximum atomic E-state index is 12.5. The Morgan fingerprint density at radius 1 is 1.50 bits per heavy atom. The molecule has 0 fully saturated rings. The fourth-order valence-corrected chi connectivity index (χ4v) is 1.53. The van der Waals surface area contributed by atoms with Gasteiger partial charge in [0.1, 0.15) is 6.04 Å². The molecule has 1 rings (SSSR count). The van der Waals surface area contributed by atoms with Crippen molar-refractivity contribution < 1.29 is 23.1 Å². The molecule has 112 valence electrons. The number of alkyl halides is 3. The number of hydrogen-bond donors (Lipinski definition) is 3. The Labute approximate surface area is 112 Å². The molecule has 0 aliphatic carbocycles. The highest BCUT2D eigenvalue weighted by molar-refractivity contribution is 5.76. The van der Waals surface area contributed by atoms with Gasteiger partial charge in [-0.1, -0.05) is 13.8 Å². The second kappa shape index (κ2) is 5.93. The summed E-state index contributed by atoms with van der Waals surface area (Å²) in [5.74, 6) is -1.75. The number of carbonyl (C=O) groups is 1. The monoisotopic (exact) mass is 293 g/mol. The summed E-state index contributed by atoms with van der Waals surface area (Å²) in [5, 5.41) is 11.3. The lowest BCUT2D eigenvalue weighted by molar-refractivity contribution is -0.141. The van der Waals surface area contributed by atoms with Crippen molar-refractivity contribution in [2.75, 3.05) is 5.32 Å². The van der Waals surface area contributed by atoms with Gasteiger partial charge in [0, 0.05) is 6.07 Å². The van der Waals surface area contributed by atoms with Crippen LogP contribution in [0, 0.1) is 5.92 Å². The zero-order chi connectivity index (χ0) is 15.5. The molecule has 1 unspecified atom stereocenters. The van der Waals surface area contributed by atoms with E-state index in [2.05, 4.69) is 10.3 Å². The Hall–Kier alpha value is -2.06. The average Bonchev–Trinajstić information content (AvgIpc) is 2.25. The molecule has 0 spiro atoms. The van der Waals surface area contributed by atoms with Crippen LogP contribution >= 0.6 is 0 Å². The third-order valence-electron chi connectivity index (χ3n) is 2.35. The SMILES string of the molecule is CC(C)CC(Nc1nc(C(F)(F)F)cc(=O)[nH]1)C(=O)O. The number of hydrogen-bond acceptors (Lipinski definition) is 4. The molecular formula is C11H14F3N3O3. The maximum absolute atomic E-state index is 12.5. The topological polar surface area (TPSA) is 95.1 Å². The summed E-state index contributed by atoms with van der Waals surface area (Å²) in [6, 6.07) is -0.828. The van der Waals surface area contributed by atoms with Crippen LogP contribution in [0.15, 0.2) is 10.9 Å². The Kier molecular flexibility index (Phi) is 4.74. The quantitative estimate of drug-likeness (QED) is 0.768. The van der Waals surface area contributed by atoms with Crippen LogP contribution < -0.4 is 10.9 Å². The van der Waals surface area contributed by atoms with Gasteiger partial charge in [-0.15, -0.1) is 0 Å². The predicted octanol–water partition coefficient (Wildman–Crippen LogP) is 1.70. The highest BCUT2D eigenvalue weighted by Gasteiger charge is 2.33. The lowest BCUT2D eigenvalue weighted by Gasteiger charge is -2.17. The molecule has 0 saturated heterocycles. The van der Waals surface area contributed by atoms with Crippen LogP contribution in [0.25, 0.3) is 0 Å². The maximum Gasteiger partial charge on any atom is 0.433 e. The highest BCUT2D eigenvalue weighted by Crippen LogP contribution is 2.26. The Bertz CT molecular complexity index is 540. The molecule has 3 N–H and O–H groups in total. The van der Waals surface area contributed by atoms with Gasteiger partial charge in [-0.05, 0) is 12.3 Å². The third-order valence-corrected chi connectivity index (χ3v) is 2.35. The minimum absolute atomic E-state index is 0.00104. The van der Waals surface area contributed by atoms with Crippen molar-refractivity contribution in [3.63, 3.8) is 0 Å². The Balaban J connectivity index is 3.04.